The number of hydrogen-bond donors (Lipinski definition) is 0. The summed E-state index contributed by atoms with van der Waals surface area (Å²) in [6.45, 7) is 11.4. The lowest BCUT2D eigenvalue weighted by Gasteiger charge is -2.11. The van der Waals surface area contributed by atoms with Crippen LogP contribution in [0.5, 0.6) is 0 Å². The van der Waals surface area contributed by atoms with Crippen LogP contribution in [0.1, 0.15) is 98.8 Å². The smallest absolute Gasteiger partial charge is 0.306 e. The molecule has 0 heterocycles. The molecule has 0 N–H and O–H groups in total. The van der Waals surface area contributed by atoms with Crippen LogP contribution in [0, 0.1) is 5.92 Å². The minimum Gasteiger partial charge on any atom is -0.461 e. The summed E-state index contributed by atoms with van der Waals surface area (Å²) in [5.74, 6) is 0.454. The van der Waals surface area contributed by atoms with Crippen molar-refractivity contribution in [2.45, 2.75) is 98.8 Å². The molecule has 0 saturated heterocycles. The lowest BCUT2D eigenvalue weighted by atomic mass is 9.97. The molecule has 0 rings (SSSR count). The summed E-state index contributed by atoms with van der Waals surface area (Å²) in [4.78, 5) is 11.7. The average molecular weight is 337 g/mol. The molecule has 0 spiro atoms. The van der Waals surface area contributed by atoms with Gasteiger partial charge in [0.2, 0.25) is 0 Å². The van der Waals surface area contributed by atoms with Crippen molar-refractivity contribution < 1.29 is 9.53 Å². The molecule has 0 aromatic rings. The van der Waals surface area contributed by atoms with E-state index in [-0.39, 0.29) is 5.97 Å². The molecule has 2 nitrogen and oxygen atoms in total. The van der Waals surface area contributed by atoms with Crippen LogP contribution < -0.4 is 0 Å². The number of ether oxygens (including phenoxy) is 1. The number of carbonyl (C=O) groups excluding carboxylic acids is 1. The molecular weight excluding hydrogens is 296 g/mol. The highest BCUT2D eigenvalue weighted by Crippen LogP contribution is 2.16. The summed E-state index contributed by atoms with van der Waals surface area (Å²) < 4.78 is 5.32. The van der Waals surface area contributed by atoms with Crippen LogP contribution in [-0.2, 0) is 9.53 Å². The van der Waals surface area contributed by atoms with Gasteiger partial charge in [-0.25, -0.2) is 0 Å². The van der Waals surface area contributed by atoms with Crippen LogP contribution in [0.3, 0.4) is 0 Å². The Morgan fingerprint density at radius 3 is 2.21 bits per heavy atom. The maximum absolute atomic E-state index is 11.7. The number of carbonyl (C=O) groups is 1. The normalized spacial score (nSPS) is 13.9. The minimum atomic E-state index is -0.0537. The quantitative estimate of drug-likeness (QED) is 0.194. The van der Waals surface area contributed by atoms with Crippen molar-refractivity contribution in [2.75, 3.05) is 6.61 Å². The summed E-state index contributed by atoms with van der Waals surface area (Å²) >= 11 is 0. The predicted molar refractivity (Wildman–Crippen MR) is 105 cm³/mol. The first-order valence-electron chi connectivity index (χ1n) is 9.99. The molecule has 0 aliphatic rings. The Labute approximate surface area is 150 Å². The highest BCUT2D eigenvalue weighted by Gasteiger charge is 2.04. The Morgan fingerprint density at radius 2 is 1.58 bits per heavy atom. The van der Waals surface area contributed by atoms with Gasteiger partial charge in [-0.15, -0.1) is 0 Å². The van der Waals surface area contributed by atoms with Crippen LogP contribution in [0.4, 0.5) is 0 Å². The van der Waals surface area contributed by atoms with Crippen molar-refractivity contribution in [3.63, 3.8) is 0 Å². The molecule has 0 bridgehead atoms. The van der Waals surface area contributed by atoms with E-state index in [1.165, 1.54) is 43.3 Å². The molecule has 0 aliphatic carbocycles. The number of rotatable bonds is 14. The van der Waals surface area contributed by atoms with Gasteiger partial charge in [-0.3, -0.25) is 4.79 Å². The van der Waals surface area contributed by atoms with Gasteiger partial charge in [0.05, 0.1) is 0 Å². The Kier molecular flexibility index (Phi) is 14.8. The van der Waals surface area contributed by atoms with Crippen molar-refractivity contribution in [3.05, 3.63) is 23.3 Å². The maximum atomic E-state index is 11.7. The van der Waals surface area contributed by atoms with E-state index < -0.39 is 0 Å². The summed E-state index contributed by atoms with van der Waals surface area (Å²) in [7, 11) is 0. The lowest BCUT2D eigenvalue weighted by Crippen LogP contribution is -2.05. The van der Waals surface area contributed by atoms with E-state index in [2.05, 4.69) is 46.8 Å². The molecule has 0 unspecified atom stereocenters. The molecule has 24 heavy (non-hydrogen) atoms. The van der Waals surface area contributed by atoms with E-state index >= 15 is 0 Å². The third-order valence-corrected chi connectivity index (χ3v) is 4.79. The summed E-state index contributed by atoms with van der Waals surface area (Å²) in [5, 5.41) is 0. The van der Waals surface area contributed by atoms with E-state index in [9.17, 15) is 4.79 Å². The highest BCUT2D eigenvalue weighted by molar-refractivity contribution is 5.69. The molecule has 0 aromatic carbocycles. The number of hydrogen-bond acceptors (Lipinski definition) is 2. The van der Waals surface area contributed by atoms with E-state index in [4.69, 9.17) is 4.74 Å². The van der Waals surface area contributed by atoms with Crippen molar-refractivity contribution in [1.82, 2.24) is 0 Å². The van der Waals surface area contributed by atoms with Crippen LogP contribution >= 0.6 is 0 Å². The first-order chi connectivity index (χ1) is 11.5. The largest absolute Gasteiger partial charge is 0.461 e. The van der Waals surface area contributed by atoms with Crippen molar-refractivity contribution in [2.24, 2.45) is 5.92 Å². The molecule has 0 aromatic heterocycles. The Morgan fingerprint density at radius 1 is 0.958 bits per heavy atom. The number of allylic oxidation sites excluding steroid dienone is 3. The molecule has 0 saturated carbocycles. The fraction of sp³-hybridized carbons (Fsp3) is 0.773. The van der Waals surface area contributed by atoms with E-state index in [0.717, 1.165) is 25.7 Å². The second-order valence-corrected chi connectivity index (χ2v) is 7.04. The van der Waals surface area contributed by atoms with Gasteiger partial charge in [-0.1, -0.05) is 76.5 Å². The van der Waals surface area contributed by atoms with Crippen LogP contribution in [-0.4, -0.2) is 12.6 Å². The van der Waals surface area contributed by atoms with E-state index in [1.54, 1.807) is 0 Å². The maximum Gasteiger partial charge on any atom is 0.306 e. The Bertz CT molecular complexity index is 379. The summed E-state index contributed by atoms with van der Waals surface area (Å²) in [6, 6.07) is 0. The van der Waals surface area contributed by atoms with Crippen LogP contribution in [0.2, 0.25) is 0 Å². The molecular formula is C22H40O2. The van der Waals surface area contributed by atoms with Gasteiger partial charge < -0.3 is 4.74 Å². The monoisotopic (exact) mass is 336 g/mol. The van der Waals surface area contributed by atoms with Gasteiger partial charge in [0.15, 0.2) is 0 Å². The molecule has 0 radical (unpaired) electrons. The van der Waals surface area contributed by atoms with Gasteiger partial charge >= 0.3 is 5.97 Å². The lowest BCUT2D eigenvalue weighted by molar-refractivity contribution is -0.142. The van der Waals surface area contributed by atoms with Crippen LogP contribution in [0.25, 0.3) is 0 Å². The molecule has 2 heteroatoms. The fourth-order valence-electron chi connectivity index (χ4n) is 2.47. The topological polar surface area (TPSA) is 26.3 Å². The summed E-state index contributed by atoms with van der Waals surface area (Å²) in [6.07, 6.45) is 15.7. The third-order valence-electron chi connectivity index (χ3n) is 4.79. The third kappa shape index (κ3) is 13.4. The van der Waals surface area contributed by atoms with Gasteiger partial charge in [-0.2, -0.15) is 0 Å². The zero-order chi connectivity index (χ0) is 18.2. The fourth-order valence-corrected chi connectivity index (χ4v) is 2.47. The number of unbranched alkanes of at least 4 members (excludes halogenated alkanes) is 6. The molecule has 1 atom stereocenters. The van der Waals surface area contributed by atoms with Gasteiger partial charge in [0.1, 0.15) is 6.61 Å². The molecule has 140 valence electrons. The van der Waals surface area contributed by atoms with Gasteiger partial charge in [0.25, 0.3) is 0 Å². The van der Waals surface area contributed by atoms with E-state index in [1.807, 2.05) is 0 Å². The van der Waals surface area contributed by atoms with Gasteiger partial charge in [0, 0.05) is 6.42 Å². The van der Waals surface area contributed by atoms with E-state index in [0.29, 0.717) is 18.9 Å². The zero-order valence-electron chi connectivity index (χ0n) is 16.8. The molecule has 0 amide bonds. The highest BCUT2D eigenvalue weighted by atomic mass is 16.5. The van der Waals surface area contributed by atoms with Crippen molar-refractivity contribution >= 4 is 5.97 Å². The first-order valence-corrected chi connectivity index (χ1v) is 9.99. The number of esters is 1. The minimum absolute atomic E-state index is 0.0537. The molecule has 0 aliphatic heterocycles. The SMILES string of the molecule is CCCCCCCCCC(=O)OC/C=C(\C)[C@@H](C)C/C=C(/C)CC. The van der Waals surface area contributed by atoms with Crippen molar-refractivity contribution in [1.29, 1.82) is 0 Å². The Balaban J connectivity index is 3.78. The summed E-state index contributed by atoms with van der Waals surface area (Å²) in [5.41, 5.74) is 2.75. The second-order valence-electron chi connectivity index (χ2n) is 7.04. The zero-order valence-corrected chi connectivity index (χ0v) is 16.8. The standard InChI is InChI=1S/C22H40O2/c1-6-8-9-10-11-12-13-14-22(23)24-18-17-21(5)20(4)16-15-19(3)7-2/h15,17,20H,6-14,16,18H2,1-5H3/b19-15-,21-17+/t20-/m0/s1. The Hall–Kier alpha value is -1.05. The van der Waals surface area contributed by atoms with Crippen LogP contribution in [0.15, 0.2) is 23.3 Å². The molecule has 0 fully saturated rings. The predicted octanol–water partition coefficient (Wildman–Crippen LogP) is 7.00. The average Bonchev–Trinajstić information content (AvgIpc) is 2.58. The second kappa shape index (κ2) is 15.5. The first kappa shape index (κ1) is 22.9. The van der Waals surface area contributed by atoms with Crippen molar-refractivity contribution in [3.8, 4) is 0 Å². The van der Waals surface area contributed by atoms with Gasteiger partial charge in [-0.05, 0) is 45.1 Å².